The van der Waals surface area contributed by atoms with Crippen molar-refractivity contribution in [2.24, 2.45) is 0 Å². The van der Waals surface area contributed by atoms with E-state index in [1.54, 1.807) is 12.1 Å². The maximum Gasteiger partial charge on any atom is 0.266 e. The first-order chi connectivity index (χ1) is 14.4. The highest BCUT2D eigenvalue weighted by atomic mass is 16.4. The molecule has 0 atom stereocenters. The number of amides is 1. The Kier molecular flexibility index (Phi) is 5.75. The molecular weight excluding hydrogens is 388 g/mol. The van der Waals surface area contributed by atoms with Crippen molar-refractivity contribution in [3.05, 3.63) is 83.1 Å². The van der Waals surface area contributed by atoms with Crippen molar-refractivity contribution < 1.29 is 29.0 Å². The minimum atomic E-state index is -1.46. The van der Waals surface area contributed by atoms with Crippen LogP contribution in [-0.2, 0) is 4.79 Å². The van der Waals surface area contributed by atoms with Gasteiger partial charge in [-0.15, -0.1) is 0 Å². The highest BCUT2D eigenvalue weighted by Gasteiger charge is 2.13. The summed E-state index contributed by atoms with van der Waals surface area (Å²) in [6.45, 7) is 0. The quantitative estimate of drug-likeness (QED) is 0.483. The largest absolute Gasteiger partial charge is 0.545 e. The minimum absolute atomic E-state index is 0.00297. The number of aromatic carboxylic acids is 2. The van der Waals surface area contributed by atoms with E-state index < -0.39 is 17.8 Å². The lowest BCUT2D eigenvalue weighted by atomic mass is 10.1. The number of nitrogens with one attached hydrogen (secondary N) is 1. The molecule has 8 heteroatoms. The van der Waals surface area contributed by atoms with Gasteiger partial charge in [-0.25, -0.2) is 0 Å². The van der Waals surface area contributed by atoms with Crippen LogP contribution in [0.15, 0.2) is 70.7 Å². The van der Waals surface area contributed by atoms with E-state index in [9.17, 15) is 29.9 Å². The van der Waals surface area contributed by atoms with E-state index in [0.29, 0.717) is 11.3 Å². The van der Waals surface area contributed by atoms with Crippen LogP contribution < -0.4 is 15.5 Å². The fraction of sp³-hybridized carbons (Fsp3) is 0. The lowest BCUT2D eigenvalue weighted by Gasteiger charge is -2.10. The molecule has 148 valence electrons. The summed E-state index contributed by atoms with van der Waals surface area (Å²) in [7, 11) is 0. The zero-order valence-electron chi connectivity index (χ0n) is 15.2. The molecule has 0 aliphatic carbocycles. The predicted molar refractivity (Wildman–Crippen MR) is 101 cm³/mol. The Morgan fingerprint density at radius 3 is 2.27 bits per heavy atom. The summed E-state index contributed by atoms with van der Waals surface area (Å²) in [6.07, 6.45) is 1.20. The Balaban J connectivity index is 1.82. The van der Waals surface area contributed by atoms with Gasteiger partial charge in [0.1, 0.15) is 23.2 Å². The molecule has 1 heterocycles. The molecular formula is C22H12N2O6-2. The van der Waals surface area contributed by atoms with Crippen molar-refractivity contribution in [1.29, 1.82) is 5.26 Å². The van der Waals surface area contributed by atoms with Gasteiger partial charge in [0.05, 0.1) is 17.6 Å². The number of anilines is 1. The number of nitriles is 1. The monoisotopic (exact) mass is 400 g/mol. The fourth-order valence-corrected chi connectivity index (χ4v) is 2.61. The zero-order chi connectivity index (χ0) is 21.7. The van der Waals surface area contributed by atoms with Crippen LogP contribution in [0.4, 0.5) is 5.69 Å². The molecule has 3 rings (SSSR count). The van der Waals surface area contributed by atoms with Gasteiger partial charge in [-0.05, 0) is 23.8 Å². The number of nitrogens with zero attached hydrogens (tertiary/aromatic N) is 1. The van der Waals surface area contributed by atoms with Crippen LogP contribution in [0.25, 0.3) is 17.4 Å². The second-order valence-corrected chi connectivity index (χ2v) is 6.02. The third kappa shape index (κ3) is 4.43. The summed E-state index contributed by atoms with van der Waals surface area (Å²) in [5, 5.41) is 33.6. The minimum Gasteiger partial charge on any atom is -0.545 e. The molecule has 0 unspecified atom stereocenters. The Bertz CT molecular complexity index is 1200. The number of carboxylic acids is 2. The molecule has 30 heavy (non-hydrogen) atoms. The van der Waals surface area contributed by atoms with Crippen LogP contribution in [0.5, 0.6) is 0 Å². The lowest BCUT2D eigenvalue weighted by molar-refractivity contribution is -0.256. The highest BCUT2D eigenvalue weighted by Crippen LogP contribution is 2.24. The normalized spacial score (nSPS) is 10.8. The van der Waals surface area contributed by atoms with E-state index in [-0.39, 0.29) is 28.1 Å². The Morgan fingerprint density at radius 2 is 1.63 bits per heavy atom. The van der Waals surface area contributed by atoms with Crippen molar-refractivity contribution >= 4 is 29.6 Å². The van der Waals surface area contributed by atoms with Crippen molar-refractivity contribution in [3.63, 3.8) is 0 Å². The van der Waals surface area contributed by atoms with Gasteiger partial charge in [-0.3, -0.25) is 4.79 Å². The van der Waals surface area contributed by atoms with Gasteiger partial charge in [0.2, 0.25) is 0 Å². The smallest absolute Gasteiger partial charge is 0.266 e. The number of carbonyl (C=O) groups is 3. The number of rotatable bonds is 6. The summed E-state index contributed by atoms with van der Waals surface area (Å²) in [5.41, 5.74) is 0.0766. The standard InChI is InChI=1S/C22H14N2O6/c23-12-15(20(25)24-18-4-2-1-3-17(18)22(28)29)11-16-9-10-19(30-16)13-5-7-14(8-6-13)21(26)27/h1-11H,(H,24,25)(H,26,27)(H,28,29)/p-2/b15-11+. The molecule has 0 bridgehead atoms. The van der Waals surface area contributed by atoms with Gasteiger partial charge in [0, 0.05) is 17.2 Å². The fourth-order valence-electron chi connectivity index (χ4n) is 2.61. The molecule has 0 radical (unpaired) electrons. The lowest BCUT2D eigenvalue weighted by Crippen LogP contribution is -2.25. The van der Waals surface area contributed by atoms with E-state index in [0.717, 1.165) is 0 Å². The first-order valence-corrected chi connectivity index (χ1v) is 8.54. The van der Waals surface area contributed by atoms with Crippen LogP contribution in [0.3, 0.4) is 0 Å². The van der Waals surface area contributed by atoms with Gasteiger partial charge in [0.25, 0.3) is 5.91 Å². The molecule has 0 spiro atoms. The third-order valence-electron chi connectivity index (χ3n) is 4.08. The van der Waals surface area contributed by atoms with E-state index in [1.807, 2.05) is 0 Å². The number of para-hydroxylation sites is 1. The molecule has 0 fully saturated rings. The van der Waals surface area contributed by atoms with Crippen molar-refractivity contribution in [1.82, 2.24) is 0 Å². The average molecular weight is 400 g/mol. The van der Waals surface area contributed by atoms with Gasteiger partial charge in [-0.1, -0.05) is 42.5 Å². The molecule has 1 amide bonds. The number of carboxylic acid groups (broad SMARTS) is 2. The number of furan rings is 1. The van der Waals surface area contributed by atoms with Gasteiger partial charge in [-0.2, -0.15) is 5.26 Å². The van der Waals surface area contributed by atoms with Gasteiger partial charge in [0.15, 0.2) is 0 Å². The summed E-state index contributed by atoms with van der Waals surface area (Å²) >= 11 is 0. The van der Waals surface area contributed by atoms with Gasteiger partial charge < -0.3 is 29.5 Å². The summed E-state index contributed by atoms with van der Waals surface area (Å²) < 4.78 is 5.59. The second-order valence-electron chi connectivity index (χ2n) is 6.02. The van der Waals surface area contributed by atoms with Crippen LogP contribution in [0.2, 0.25) is 0 Å². The zero-order valence-corrected chi connectivity index (χ0v) is 15.2. The van der Waals surface area contributed by atoms with E-state index in [2.05, 4.69) is 5.32 Å². The van der Waals surface area contributed by atoms with Crippen LogP contribution >= 0.6 is 0 Å². The number of hydrogen-bond donors (Lipinski definition) is 1. The maximum atomic E-state index is 12.4. The molecule has 0 aliphatic rings. The van der Waals surface area contributed by atoms with Crippen LogP contribution in [-0.4, -0.2) is 17.8 Å². The van der Waals surface area contributed by atoms with Crippen molar-refractivity contribution in [2.45, 2.75) is 0 Å². The Morgan fingerprint density at radius 1 is 0.933 bits per heavy atom. The van der Waals surface area contributed by atoms with E-state index in [1.165, 1.54) is 60.7 Å². The number of benzene rings is 2. The number of hydrogen-bond acceptors (Lipinski definition) is 7. The summed E-state index contributed by atoms with van der Waals surface area (Å²) in [6, 6.07) is 16.3. The molecule has 8 nitrogen and oxygen atoms in total. The Labute approximate surface area is 170 Å². The first-order valence-electron chi connectivity index (χ1n) is 8.54. The molecule has 0 saturated carbocycles. The molecule has 2 aromatic carbocycles. The van der Waals surface area contributed by atoms with E-state index >= 15 is 0 Å². The summed E-state index contributed by atoms with van der Waals surface area (Å²) in [4.78, 5) is 34.3. The molecule has 1 aromatic heterocycles. The van der Waals surface area contributed by atoms with Crippen LogP contribution in [0.1, 0.15) is 26.5 Å². The third-order valence-corrected chi connectivity index (χ3v) is 4.08. The first kappa shape index (κ1) is 20.1. The molecule has 0 saturated heterocycles. The molecule has 0 aliphatic heterocycles. The van der Waals surface area contributed by atoms with Crippen molar-refractivity contribution in [2.75, 3.05) is 5.32 Å². The van der Waals surface area contributed by atoms with Gasteiger partial charge >= 0.3 is 0 Å². The predicted octanol–water partition coefficient (Wildman–Crippen LogP) is 1.22. The topological polar surface area (TPSA) is 146 Å². The molecule has 1 N–H and O–H groups in total. The highest BCUT2D eigenvalue weighted by molar-refractivity contribution is 6.11. The maximum absolute atomic E-state index is 12.4. The summed E-state index contributed by atoms with van der Waals surface area (Å²) in [5.74, 6) is -2.98. The molecule has 3 aromatic rings. The Hall–Kier alpha value is -4.64. The second kappa shape index (κ2) is 8.58. The van der Waals surface area contributed by atoms with Crippen molar-refractivity contribution in [3.8, 4) is 17.4 Å². The average Bonchev–Trinajstić information content (AvgIpc) is 3.21. The number of carbonyl (C=O) groups excluding carboxylic acids is 3. The SMILES string of the molecule is N#C/C(=C\c1ccc(-c2ccc(C(=O)[O-])cc2)o1)C(=O)Nc1ccccc1C(=O)[O-]. The van der Waals surface area contributed by atoms with E-state index in [4.69, 9.17) is 4.42 Å². The van der Waals surface area contributed by atoms with Crippen LogP contribution in [0, 0.1) is 11.3 Å².